The number of thiazole rings is 1. The van der Waals surface area contributed by atoms with Gasteiger partial charge in [0.05, 0.1) is 34.9 Å². The molecule has 1 atom stereocenters. The molecule has 4 rings (SSSR count). The average Bonchev–Trinajstić information content (AvgIpc) is 3.48. The second-order valence-corrected chi connectivity index (χ2v) is 12.6. The lowest BCUT2D eigenvalue weighted by Crippen LogP contribution is -2.26. The van der Waals surface area contributed by atoms with Crippen LogP contribution in [0.15, 0.2) is 48.0 Å². The number of carboxylic acid groups (broad SMARTS) is 1. The molecule has 0 spiro atoms. The van der Waals surface area contributed by atoms with Crippen LogP contribution in [0.4, 0.5) is 0 Å². The van der Waals surface area contributed by atoms with Crippen molar-refractivity contribution >= 4 is 34.4 Å². The van der Waals surface area contributed by atoms with Crippen LogP contribution in [0.5, 0.6) is 11.5 Å². The van der Waals surface area contributed by atoms with Crippen molar-refractivity contribution in [3.8, 4) is 11.5 Å². The lowest BCUT2D eigenvalue weighted by molar-refractivity contribution is -0.143. The Hall–Kier alpha value is -3.98. The summed E-state index contributed by atoms with van der Waals surface area (Å²) < 4.78 is 13.0. The number of nitrogens with zero attached hydrogens (tertiary/aromatic N) is 2. The van der Waals surface area contributed by atoms with E-state index in [1.54, 1.807) is 54.1 Å². The molecule has 1 aromatic carbocycles. The Kier molecular flexibility index (Phi) is 8.68. The molecule has 0 amide bonds. The third-order valence-electron chi connectivity index (χ3n) is 7.09. The van der Waals surface area contributed by atoms with Gasteiger partial charge in [0.15, 0.2) is 5.78 Å². The topological polar surface area (TPSA) is 107 Å². The van der Waals surface area contributed by atoms with Gasteiger partial charge in [-0.15, -0.1) is 11.3 Å². The van der Waals surface area contributed by atoms with Gasteiger partial charge in [0.2, 0.25) is 5.78 Å². The molecule has 41 heavy (non-hydrogen) atoms. The molecule has 1 N–H and O–H groups in total. The molecule has 216 valence electrons. The van der Waals surface area contributed by atoms with Gasteiger partial charge >= 0.3 is 5.97 Å². The molecular formula is C32H36N2O6S. The van der Waals surface area contributed by atoms with Crippen LogP contribution in [0.2, 0.25) is 0 Å². The lowest BCUT2D eigenvalue weighted by atomic mass is 9.81. The van der Waals surface area contributed by atoms with E-state index in [4.69, 9.17) is 9.47 Å². The van der Waals surface area contributed by atoms with Gasteiger partial charge in [-0.25, -0.2) is 4.98 Å². The number of aliphatic carboxylic acids is 1. The van der Waals surface area contributed by atoms with Crippen molar-refractivity contribution in [2.24, 2.45) is 17.3 Å². The van der Waals surface area contributed by atoms with Crippen molar-refractivity contribution in [2.45, 2.75) is 54.6 Å². The number of rotatable bonds is 11. The minimum atomic E-state index is -0.977. The molecule has 3 aromatic heterocycles. The Morgan fingerprint density at radius 2 is 1.76 bits per heavy atom. The van der Waals surface area contributed by atoms with Crippen molar-refractivity contribution in [1.29, 1.82) is 0 Å². The van der Waals surface area contributed by atoms with Gasteiger partial charge < -0.3 is 19.0 Å². The Morgan fingerprint density at radius 3 is 2.29 bits per heavy atom. The van der Waals surface area contributed by atoms with Crippen LogP contribution in [0, 0.1) is 24.2 Å². The van der Waals surface area contributed by atoms with Crippen LogP contribution in [-0.2, 0) is 17.8 Å². The van der Waals surface area contributed by atoms with Crippen molar-refractivity contribution in [3.05, 3.63) is 81.1 Å². The maximum Gasteiger partial charge on any atom is 0.307 e. The number of aryl methyl sites for hydroxylation is 1. The quantitative estimate of drug-likeness (QED) is 0.199. The zero-order valence-corrected chi connectivity index (χ0v) is 25.3. The maximum absolute atomic E-state index is 14.1. The third-order valence-corrected chi connectivity index (χ3v) is 7.91. The summed E-state index contributed by atoms with van der Waals surface area (Å²) >= 11 is 1.54. The summed E-state index contributed by atoms with van der Waals surface area (Å²) in [5.74, 6) is -1.38. The monoisotopic (exact) mass is 576 g/mol. The largest absolute Gasteiger partial charge is 0.497 e. The van der Waals surface area contributed by atoms with Crippen LogP contribution in [0.3, 0.4) is 0 Å². The van der Waals surface area contributed by atoms with Gasteiger partial charge in [0, 0.05) is 34.2 Å². The Morgan fingerprint density at radius 1 is 1.07 bits per heavy atom. The molecule has 0 saturated heterocycles. The zero-order chi connectivity index (χ0) is 30.1. The van der Waals surface area contributed by atoms with Crippen LogP contribution >= 0.6 is 11.3 Å². The number of Topliss-reactive ketones (excluding diaryl/α,β-unsaturated/α-hetero) is 1. The first-order valence-corrected chi connectivity index (χ1v) is 14.4. The summed E-state index contributed by atoms with van der Waals surface area (Å²) in [6, 6.07) is 10.2. The second kappa shape index (κ2) is 11.9. The highest BCUT2D eigenvalue weighted by molar-refractivity contribution is 7.09. The minimum absolute atomic E-state index is 0.0252. The molecule has 0 fully saturated rings. The molecule has 0 bridgehead atoms. The first kappa shape index (κ1) is 30.0. The predicted octanol–water partition coefficient (Wildman–Crippen LogP) is 6.65. The Balaban J connectivity index is 1.95. The first-order chi connectivity index (χ1) is 19.3. The van der Waals surface area contributed by atoms with E-state index in [0.29, 0.717) is 33.7 Å². The number of carbonyl (C=O) groups excluding carboxylic acids is 2. The standard InChI is InChI=1S/C32H36N2O6S/c1-18(2)24(31(37)38)15-25-27(30(36)32(4,5)6)26-14-23(40-16-21-17-41-19(3)33-21)12-13-34(26)28(25)29(35)20-8-10-22(39-7)11-9-20/h8-14,17-18,24H,15-16H2,1-7H3,(H,37,38). The summed E-state index contributed by atoms with van der Waals surface area (Å²) in [5, 5.41) is 13.0. The van der Waals surface area contributed by atoms with Gasteiger partial charge in [-0.05, 0) is 55.2 Å². The Bertz CT molecular complexity index is 1590. The van der Waals surface area contributed by atoms with Gasteiger partial charge in [-0.2, -0.15) is 0 Å². The highest BCUT2D eigenvalue weighted by Crippen LogP contribution is 2.36. The van der Waals surface area contributed by atoms with Gasteiger partial charge in [0.1, 0.15) is 18.1 Å². The molecule has 4 aromatic rings. The normalized spacial score (nSPS) is 12.5. The first-order valence-electron chi connectivity index (χ1n) is 13.5. The maximum atomic E-state index is 14.1. The van der Waals surface area contributed by atoms with Crippen LogP contribution in [0.1, 0.15) is 77.3 Å². The fourth-order valence-corrected chi connectivity index (χ4v) is 5.39. The van der Waals surface area contributed by atoms with Crippen molar-refractivity contribution in [1.82, 2.24) is 9.38 Å². The van der Waals surface area contributed by atoms with E-state index in [1.165, 1.54) is 11.3 Å². The fraction of sp³-hybridized carbons (Fsp3) is 0.375. The van der Waals surface area contributed by atoms with E-state index in [9.17, 15) is 19.5 Å². The SMILES string of the molecule is COc1ccc(C(=O)c2c(CC(C(=O)O)C(C)C)c(C(=O)C(C)(C)C)c3cc(OCc4csc(C)n4)ccn23)cc1. The summed E-state index contributed by atoms with van der Waals surface area (Å²) in [6.07, 6.45) is 1.74. The number of ether oxygens (including phenoxy) is 2. The number of aromatic nitrogens is 2. The smallest absolute Gasteiger partial charge is 0.307 e. The number of pyridine rings is 1. The number of fused-ring (bicyclic) bond motifs is 1. The van der Waals surface area contributed by atoms with Crippen LogP contribution in [0.25, 0.3) is 5.52 Å². The predicted molar refractivity (Wildman–Crippen MR) is 158 cm³/mol. The highest BCUT2D eigenvalue weighted by atomic mass is 32.1. The van der Waals surface area contributed by atoms with Gasteiger partial charge in [-0.1, -0.05) is 34.6 Å². The molecule has 0 aliphatic carbocycles. The summed E-state index contributed by atoms with van der Waals surface area (Å²) in [7, 11) is 1.55. The van der Waals surface area contributed by atoms with E-state index < -0.39 is 17.3 Å². The molecule has 1 unspecified atom stereocenters. The highest BCUT2D eigenvalue weighted by Gasteiger charge is 2.35. The molecule has 8 nitrogen and oxygen atoms in total. The van der Waals surface area contributed by atoms with Gasteiger partial charge in [-0.3, -0.25) is 14.4 Å². The van der Waals surface area contributed by atoms with Crippen LogP contribution in [-0.4, -0.2) is 39.1 Å². The molecule has 3 heterocycles. The van der Waals surface area contributed by atoms with Crippen molar-refractivity contribution in [3.63, 3.8) is 0 Å². The van der Waals surface area contributed by atoms with E-state index in [-0.39, 0.29) is 36.2 Å². The summed E-state index contributed by atoms with van der Waals surface area (Å²) in [5.41, 5.74) is 1.95. The number of hydrogen-bond acceptors (Lipinski definition) is 7. The molecular weight excluding hydrogens is 540 g/mol. The molecule has 0 radical (unpaired) electrons. The zero-order valence-electron chi connectivity index (χ0n) is 24.5. The number of ketones is 2. The number of carboxylic acids is 1. The van der Waals surface area contributed by atoms with E-state index in [2.05, 4.69) is 4.98 Å². The van der Waals surface area contributed by atoms with Crippen LogP contribution < -0.4 is 9.47 Å². The van der Waals surface area contributed by atoms with E-state index in [0.717, 1.165) is 10.7 Å². The average molecular weight is 577 g/mol. The van der Waals surface area contributed by atoms with E-state index >= 15 is 0 Å². The number of methoxy groups -OCH3 is 1. The number of carbonyl (C=O) groups is 3. The van der Waals surface area contributed by atoms with Crippen molar-refractivity contribution in [2.75, 3.05) is 7.11 Å². The lowest BCUT2D eigenvalue weighted by Gasteiger charge is -2.20. The summed E-state index contributed by atoms with van der Waals surface area (Å²) in [6.45, 7) is 11.3. The van der Waals surface area contributed by atoms with Gasteiger partial charge in [0.25, 0.3) is 0 Å². The molecule has 0 aliphatic heterocycles. The molecule has 9 heteroatoms. The number of benzene rings is 1. The summed E-state index contributed by atoms with van der Waals surface area (Å²) in [4.78, 5) is 44.9. The fourth-order valence-electron chi connectivity index (χ4n) is 4.79. The second-order valence-electron chi connectivity index (χ2n) is 11.5. The molecule has 0 saturated carbocycles. The minimum Gasteiger partial charge on any atom is -0.497 e. The number of hydrogen-bond donors (Lipinski definition) is 1. The third kappa shape index (κ3) is 6.35. The Labute approximate surface area is 244 Å². The van der Waals surface area contributed by atoms with E-state index in [1.807, 2.05) is 46.9 Å². The van der Waals surface area contributed by atoms with Crippen molar-refractivity contribution < 1.29 is 29.0 Å². The molecule has 0 aliphatic rings.